The molecule has 0 aliphatic carbocycles. The zero-order valence-electron chi connectivity index (χ0n) is 11.4. The first-order valence-electron chi connectivity index (χ1n) is 6.54. The van der Waals surface area contributed by atoms with Crippen LogP contribution in [-0.2, 0) is 4.79 Å². The highest BCUT2D eigenvalue weighted by Gasteiger charge is 2.13. The lowest BCUT2D eigenvalue weighted by Crippen LogP contribution is -2.22. The van der Waals surface area contributed by atoms with Crippen molar-refractivity contribution < 1.29 is 19.0 Å². The first-order valence-corrected chi connectivity index (χ1v) is 6.54. The predicted octanol–water partition coefficient (Wildman–Crippen LogP) is 1.71. The van der Waals surface area contributed by atoms with Crippen molar-refractivity contribution in [1.82, 2.24) is 5.32 Å². The Labute approximate surface area is 118 Å². The van der Waals surface area contributed by atoms with Crippen LogP contribution in [-0.4, -0.2) is 25.9 Å². The van der Waals surface area contributed by atoms with Gasteiger partial charge in [-0.1, -0.05) is 18.8 Å². The number of nitrogens with one attached hydrogen (secondary N) is 1. The second kappa shape index (κ2) is 7.29. The van der Waals surface area contributed by atoms with E-state index in [-0.39, 0.29) is 19.3 Å². The van der Waals surface area contributed by atoms with E-state index in [1.807, 2.05) is 6.92 Å². The van der Waals surface area contributed by atoms with E-state index in [1.165, 1.54) is 0 Å². The lowest BCUT2D eigenvalue weighted by atomic mass is 10.3. The molecule has 0 radical (unpaired) electrons. The highest BCUT2D eigenvalue weighted by Crippen LogP contribution is 2.34. The highest BCUT2D eigenvalue weighted by atomic mass is 16.7. The Morgan fingerprint density at radius 2 is 2.20 bits per heavy atom. The molecule has 0 aromatic heterocycles. The molecule has 1 aliphatic heterocycles. The summed E-state index contributed by atoms with van der Waals surface area (Å²) in [5.74, 6) is 7.79. The Morgan fingerprint density at radius 1 is 1.35 bits per heavy atom. The van der Waals surface area contributed by atoms with Crippen molar-refractivity contribution >= 4 is 5.91 Å². The summed E-state index contributed by atoms with van der Waals surface area (Å²) in [5.41, 5.74) is 0. The second-order valence-electron chi connectivity index (χ2n) is 4.18. The van der Waals surface area contributed by atoms with Crippen molar-refractivity contribution in [2.75, 3.05) is 19.9 Å². The van der Waals surface area contributed by atoms with Gasteiger partial charge in [-0.25, -0.2) is 0 Å². The molecule has 0 spiro atoms. The van der Waals surface area contributed by atoms with Crippen LogP contribution in [0.25, 0.3) is 0 Å². The molecule has 0 unspecified atom stereocenters. The summed E-state index contributed by atoms with van der Waals surface area (Å²) in [6.45, 7) is 2.83. The molecule has 0 bridgehead atoms. The summed E-state index contributed by atoms with van der Waals surface area (Å²) in [7, 11) is 0. The lowest BCUT2D eigenvalue weighted by Gasteiger charge is -2.02. The summed E-state index contributed by atoms with van der Waals surface area (Å²) >= 11 is 0. The fourth-order valence-electron chi connectivity index (χ4n) is 1.66. The van der Waals surface area contributed by atoms with Crippen LogP contribution in [0.1, 0.15) is 19.8 Å². The van der Waals surface area contributed by atoms with E-state index < -0.39 is 0 Å². The van der Waals surface area contributed by atoms with Gasteiger partial charge in [0.15, 0.2) is 11.5 Å². The van der Waals surface area contributed by atoms with Crippen molar-refractivity contribution in [2.45, 2.75) is 19.8 Å². The summed E-state index contributed by atoms with van der Waals surface area (Å²) in [5, 5.41) is 2.71. The number of fused-ring (bicyclic) bond motifs is 1. The van der Waals surface area contributed by atoms with Crippen LogP contribution in [0.3, 0.4) is 0 Å². The van der Waals surface area contributed by atoms with Gasteiger partial charge < -0.3 is 19.5 Å². The maximum atomic E-state index is 11.2. The molecule has 0 saturated carbocycles. The van der Waals surface area contributed by atoms with Gasteiger partial charge in [-0.2, -0.15) is 0 Å². The topological polar surface area (TPSA) is 56.8 Å². The normalized spacial score (nSPS) is 11.4. The third-order valence-electron chi connectivity index (χ3n) is 2.63. The Morgan fingerprint density at radius 3 is 3.05 bits per heavy atom. The smallest absolute Gasteiger partial charge is 0.231 e. The molecule has 5 nitrogen and oxygen atoms in total. The number of hydrogen-bond donors (Lipinski definition) is 1. The fourth-order valence-corrected chi connectivity index (χ4v) is 1.66. The quantitative estimate of drug-likeness (QED) is 0.831. The number of carbonyl (C=O) groups is 1. The van der Waals surface area contributed by atoms with E-state index in [4.69, 9.17) is 14.2 Å². The van der Waals surface area contributed by atoms with Crippen LogP contribution in [0.5, 0.6) is 17.2 Å². The van der Waals surface area contributed by atoms with Crippen molar-refractivity contribution in [2.24, 2.45) is 0 Å². The van der Waals surface area contributed by atoms with Gasteiger partial charge >= 0.3 is 0 Å². The lowest BCUT2D eigenvalue weighted by molar-refractivity contribution is -0.120. The molecule has 1 N–H and O–H groups in total. The number of carbonyl (C=O) groups excluding carboxylic acids is 1. The zero-order valence-corrected chi connectivity index (χ0v) is 11.4. The molecule has 0 saturated heterocycles. The van der Waals surface area contributed by atoms with Gasteiger partial charge in [0.05, 0.1) is 6.54 Å². The van der Waals surface area contributed by atoms with Crippen LogP contribution in [0.2, 0.25) is 0 Å². The largest absolute Gasteiger partial charge is 0.481 e. The number of rotatable bonds is 5. The average molecular weight is 275 g/mol. The van der Waals surface area contributed by atoms with E-state index in [9.17, 15) is 4.79 Å². The summed E-state index contributed by atoms with van der Waals surface area (Å²) in [6.07, 6.45) is 1.38. The SMILES string of the molecule is CCCC(=O)NCC#CCOc1ccc2c(c1)OCO2. The molecule has 1 amide bonds. The predicted molar refractivity (Wildman–Crippen MR) is 73.8 cm³/mol. The van der Waals surface area contributed by atoms with Crippen molar-refractivity contribution in [1.29, 1.82) is 0 Å². The molecule has 106 valence electrons. The van der Waals surface area contributed by atoms with Crippen LogP contribution in [0.4, 0.5) is 0 Å². The van der Waals surface area contributed by atoms with Crippen LogP contribution >= 0.6 is 0 Å². The molecule has 20 heavy (non-hydrogen) atoms. The third kappa shape index (κ3) is 4.09. The molecule has 1 aliphatic rings. The van der Waals surface area contributed by atoms with Gasteiger partial charge in [0.25, 0.3) is 0 Å². The number of amides is 1. The van der Waals surface area contributed by atoms with Crippen LogP contribution in [0.15, 0.2) is 18.2 Å². The van der Waals surface area contributed by atoms with Crippen molar-refractivity contribution in [3.05, 3.63) is 18.2 Å². The molecule has 1 heterocycles. The van der Waals surface area contributed by atoms with E-state index in [1.54, 1.807) is 18.2 Å². The molecule has 1 aromatic carbocycles. The third-order valence-corrected chi connectivity index (χ3v) is 2.63. The minimum Gasteiger partial charge on any atom is -0.481 e. The Bertz CT molecular complexity index is 530. The fraction of sp³-hybridized carbons (Fsp3) is 0.400. The molecular weight excluding hydrogens is 258 g/mol. The minimum atomic E-state index is 0.0264. The van der Waals surface area contributed by atoms with E-state index >= 15 is 0 Å². The Hall–Kier alpha value is -2.35. The van der Waals surface area contributed by atoms with Gasteiger partial charge in [-0.3, -0.25) is 4.79 Å². The highest BCUT2D eigenvalue weighted by molar-refractivity contribution is 5.76. The first kappa shape index (κ1) is 14.1. The van der Waals surface area contributed by atoms with Crippen LogP contribution in [0, 0.1) is 11.8 Å². The number of ether oxygens (including phenoxy) is 3. The van der Waals surface area contributed by atoms with Gasteiger partial charge in [-0.05, 0) is 18.6 Å². The number of benzene rings is 1. The van der Waals surface area contributed by atoms with E-state index in [0.29, 0.717) is 24.5 Å². The van der Waals surface area contributed by atoms with Gasteiger partial charge in [0.2, 0.25) is 12.7 Å². The first-order chi connectivity index (χ1) is 9.79. The summed E-state index contributed by atoms with van der Waals surface area (Å²) in [4.78, 5) is 11.2. The van der Waals surface area contributed by atoms with Crippen molar-refractivity contribution in [3.63, 3.8) is 0 Å². The monoisotopic (exact) mass is 275 g/mol. The molecule has 1 aromatic rings. The zero-order chi connectivity index (χ0) is 14.2. The van der Waals surface area contributed by atoms with Gasteiger partial charge in [0, 0.05) is 12.5 Å². The van der Waals surface area contributed by atoms with Gasteiger partial charge in [-0.15, -0.1) is 0 Å². The molecular formula is C15H17NO4. The second-order valence-corrected chi connectivity index (χ2v) is 4.18. The number of hydrogen-bond acceptors (Lipinski definition) is 4. The van der Waals surface area contributed by atoms with Crippen molar-refractivity contribution in [3.8, 4) is 29.1 Å². The summed E-state index contributed by atoms with van der Waals surface area (Å²) < 4.78 is 15.9. The van der Waals surface area contributed by atoms with Crippen LogP contribution < -0.4 is 19.5 Å². The molecule has 0 fully saturated rings. The van der Waals surface area contributed by atoms with Gasteiger partial charge in [0.1, 0.15) is 12.4 Å². The molecule has 0 atom stereocenters. The maximum Gasteiger partial charge on any atom is 0.231 e. The summed E-state index contributed by atoms with van der Waals surface area (Å²) in [6, 6.07) is 5.38. The maximum absolute atomic E-state index is 11.2. The van der Waals surface area contributed by atoms with E-state index in [2.05, 4.69) is 17.2 Å². The Balaban J connectivity index is 1.70. The van der Waals surface area contributed by atoms with E-state index in [0.717, 1.165) is 12.2 Å². The average Bonchev–Trinajstić information content (AvgIpc) is 2.90. The minimum absolute atomic E-state index is 0.0264. The standard InChI is InChI=1S/C15H17NO4/c1-2-5-15(17)16-8-3-4-9-18-12-6-7-13-14(10-12)20-11-19-13/h6-7,10H,2,5,8-9,11H2,1H3,(H,16,17). The molecule has 2 rings (SSSR count). The Kier molecular flexibility index (Phi) is 5.13. The molecule has 5 heteroatoms.